The van der Waals surface area contributed by atoms with Crippen molar-refractivity contribution in [2.24, 2.45) is 0 Å². The van der Waals surface area contributed by atoms with Gasteiger partial charge in [0.2, 0.25) is 10.0 Å². The zero-order chi connectivity index (χ0) is 17.2. The van der Waals surface area contributed by atoms with E-state index in [1.54, 1.807) is 46.8 Å². The summed E-state index contributed by atoms with van der Waals surface area (Å²) in [4.78, 5) is 0.00295. The van der Waals surface area contributed by atoms with Gasteiger partial charge in [0.05, 0.1) is 16.6 Å². The fourth-order valence-corrected chi connectivity index (χ4v) is 5.35. The lowest BCUT2D eigenvalue weighted by Gasteiger charge is -2.28. The minimum absolute atomic E-state index is 0.00295. The molecule has 1 atom stereocenters. The molecule has 0 aliphatic heterocycles. The van der Waals surface area contributed by atoms with Gasteiger partial charge in [-0.15, -0.1) is 4.49 Å². The average Bonchev–Trinajstić information content (AvgIpc) is 2.23. The maximum Gasteiger partial charge on any atom is 0.420 e. The molecule has 6 nitrogen and oxygen atoms in total. The Morgan fingerprint density at radius 3 is 2.05 bits per heavy atom. The number of benzene rings is 1. The SMILES string of the molecule is Cc1ccc(S(=O)(=O)NP(=O)(OC(C)C)OC(C)(C)C)cc1. The van der Waals surface area contributed by atoms with Gasteiger partial charge in [-0.2, -0.15) is 0 Å². The third-order valence-electron chi connectivity index (χ3n) is 2.31. The lowest BCUT2D eigenvalue weighted by atomic mass is 10.2. The Morgan fingerprint density at radius 1 is 1.14 bits per heavy atom. The van der Waals surface area contributed by atoms with Crippen LogP contribution in [-0.4, -0.2) is 20.1 Å². The van der Waals surface area contributed by atoms with Crippen LogP contribution in [0.1, 0.15) is 40.2 Å². The maximum absolute atomic E-state index is 12.8. The molecule has 0 radical (unpaired) electrons. The van der Waals surface area contributed by atoms with Crippen LogP contribution in [0.25, 0.3) is 0 Å². The summed E-state index contributed by atoms with van der Waals surface area (Å²) < 4.78 is 50.2. The molecule has 0 spiro atoms. The topological polar surface area (TPSA) is 81.7 Å². The molecule has 1 aromatic carbocycles. The van der Waals surface area contributed by atoms with E-state index in [-0.39, 0.29) is 4.90 Å². The summed E-state index contributed by atoms with van der Waals surface area (Å²) in [5, 5.41) is 0. The van der Waals surface area contributed by atoms with Crippen LogP contribution in [0.15, 0.2) is 29.2 Å². The molecule has 1 N–H and O–H groups in total. The number of hydrogen-bond donors (Lipinski definition) is 1. The molecule has 22 heavy (non-hydrogen) atoms. The van der Waals surface area contributed by atoms with E-state index in [0.29, 0.717) is 0 Å². The highest BCUT2D eigenvalue weighted by molar-refractivity contribution is 7.94. The number of sulfonamides is 1. The molecule has 1 rings (SSSR count). The first kappa shape index (κ1) is 19.3. The van der Waals surface area contributed by atoms with Crippen molar-refractivity contribution in [3.63, 3.8) is 0 Å². The molecular formula is C14H24NO5PS. The van der Waals surface area contributed by atoms with E-state index in [2.05, 4.69) is 4.49 Å². The summed E-state index contributed by atoms with van der Waals surface area (Å²) in [7, 11) is -8.05. The maximum atomic E-state index is 12.8. The summed E-state index contributed by atoms with van der Waals surface area (Å²) in [5.41, 5.74) is 0.0896. The van der Waals surface area contributed by atoms with Gasteiger partial charge in [-0.25, -0.2) is 13.0 Å². The van der Waals surface area contributed by atoms with Gasteiger partial charge in [-0.1, -0.05) is 17.7 Å². The summed E-state index contributed by atoms with van der Waals surface area (Å²) >= 11 is 0. The van der Waals surface area contributed by atoms with Crippen LogP contribution >= 0.6 is 7.75 Å². The largest absolute Gasteiger partial charge is 0.420 e. The lowest BCUT2D eigenvalue weighted by molar-refractivity contribution is 0.0802. The average molecular weight is 349 g/mol. The summed E-state index contributed by atoms with van der Waals surface area (Å²) in [6, 6.07) is 6.20. The fraction of sp³-hybridized carbons (Fsp3) is 0.571. The normalized spacial score (nSPS) is 15.8. The zero-order valence-corrected chi connectivity index (χ0v) is 15.5. The van der Waals surface area contributed by atoms with Gasteiger partial charge in [0.25, 0.3) is 0 Å². The van der Waals surface area contributed by atoms with Crippen molar-refractivity contribution in [1.82, 2.24) is 4.49 Å². The molecule has 0 fully saturated rings. The Balaban J connectivity index is 3.12. The van der Waals surface area contributed by atoms with Crippen LogP contribution < -0.4 is 4.49 Å². The van der Waals surface area contributed by atoms with E-state index in [4.69, 9.17) is 9.05 Å². The molecule has 8 heteroatoms. The predicted octanol–water partition coefficient (Wildman–Crippen LogP) is 3.62. The van der Waals surface area contributed by atoms with Crippen LogP contribution in [0.5, 0.6) is 0 Å². The first-order chi connectivity index (χ1) is 9.83. The smallest absolute Gasteiger partial charge is 0.293 e. The van der Waals surface area contributed by atoms with E-state index in [1.807, 2.05) is 6.92 Å². The molecule has 0 saturated heterocycles. The third-order valence-corrected chi connectivity index (χ3v) is 6.54. The van der Waals surface area contributed by atoms with Crippen molar-refractivity contribution in [1.29, 1.82) is 0 Å². The monoisotopic (exact) mass is 349 g/mol. The molecule has 0 amide bonds. The molecule has 1 aromatic rings. The van der Waals surface area contributed by atoms with Crippen LogP contribution in [0.3, 0.4) is 0 Å². The predicted molar refractivity (Wildman–Crippen MR) is 86.2 cm³/mol. The van der Waals surface area contributed by atoms with Crippen molar-refractivity contribution in [2.45, 2.75) is 58.1 Å². The Labute approximate surface area is 132 Å². The van der Waals surface area contributed by atoms with E-state index >= 15 is 0 Å². The fourth-order valence-electron chi connectivity index (χ4n) is 1.62. The Morgan fingerprint density at radius 2 is 1.64 bits per heavy atom. The quantitative estimate of drug-likeness (QED) is 0.793. The summed E-state index contributed by atoms with van der Waals surface area (Å²) in [6.07, 6.45) is -0.464. The highest BCUT2D eigenvalue weighted by Gasteiger charge is 2.37. The minimum Gasteiger partial charge on any atom is -0.293 e. The molecule has 0 aromatic heterocycles. The van der Waals surface area contributed by atoms with E-state index in [0.717, 1.165) is 5.56 Å². The Bertz CT molecular complexity index is 647. The van der Waals surface area contributed by atoms with Crippen LogP contribution in [0.2, 0.25) is 0 Å². The zero-order valence-electron chi connectivity index (χ0n) is 13.8. The standard InChI is InChI=1S/C14H24NO5PS/c1-11(2)19-21(16,20-14(4,5)6)15-22(17,18)13-9-7-12(3)8-10-13/h7-11H,1-6H3,(H,15,16). The van der Waals surface area contributed by atoms with Gasteiger partial charge in [0.1, 0.15) is 0 Å². The molecule has 0 saturated carbocycles. The Kier molecular flexibility index (Phi) is 5.98. The molecule has 0 bridgehead atoms. The van der Waals surface area contributed by atoms with Crippen LogP contribution in [-0.2, 0) is 23.6 Å². The van der Waals surface area contributed by atoms with E-state index in [9.17, 15) is 13.0 Å². The first-order valence-corrected chi connectivity index (χ1v) is 9.95. The molecule has 0 heterocycles. The number of hydrogen-bond acceptors (Lipinski definition) is 5. The molecule has 1 unspecified atom stereocenters. The van der Waals surface area contributed by atoms with Crippen molar-refractivity contribution in [3.05, 3.63) is 29.8 Å². The highest BCUT2D eigenvalue weighted by atomic mass is 32.2. The van der Waals surface area contributed by atoms with Gasteiger partial charge in [-0.05, 0) is 53.7 Å². The number of rotatable bonds is 6. The summed E-state index contributed by atoms with van der Waals surface area (Å²) in [6.45, 7) is 10.2. The highest BCUT2D eigenvalue weighted by Crippen LogP contribution is 2.49. The van der Waals surface area contributed by atoms with Gasteiger partial charge in [-0.3, -0.25) is 9.05 Å². The number of nitrogens with one attached hydrogen (secondary N) is 1. The number of aryl methyl sites for hydroxylation is 1. The van der Waals surface area contributed by atoms with Gasteiger partial charge in [0, 0.05) is 0 Å². The molecule has 126 valence electrons. The lowest BCUT2D eigenvalue weighted by Crippen LogP contribution is -2.29. The molecule has 0 aliphatic rings. The Hall–Kier alpha value is -0.720. The van der Waals surface area contributed by atoms with Crippen LogP contribution in [0, 0.1) is 6.92 Å². The van der Waals surface area contributed by atoms with Crippen molar-refractivity contribution < 1.29 is 22.0 Å². The second kappa shape index (κ2) is 6.81. The molecule has 0 aliphatic carbocycles. The van der Waals surface area contributed by atoms with Crippen molar-refractivity contribution >= 4 is 17.8 Å². The van der Waals surface area contributed by atoms with Crippen LogP contribution in [0.4, 0.5) is 0 Å². The second-order valence-corrected chi connectivity index (χ2v) is 9.86. The van der Waals surface area contributed by atoms with Gasteiger partial charge in [0.15, 0.2) is 0 Å². The van der Waals surface area contributed by atoms with E-state index < -0.39 is 29.5 Å². The third kappa shape index (κ3) is 6.18. The minimum atomic E-state index is -4.03. The molecular weight excluding hydrogens is 325 g/mol. The second-order valence-electron chi connectivity index (χ2n) is 6.26. The van der Waals surface area contributed by atoms with Crippen molar-refractivity contribution in [3.8, 4) is 0 Å². The summed E-state index contributed by atoms with van der Waals surface area (Å²) in [5.74, 6) is 0. The van der Waals surface area contributed by atoms with Crippen molar-refractivity contribution in [2.75, 3.05) is 0 Å². The van der Waals surface area contributed by atoms with Gasteiger partial charge < -0.3 is 0 Å². The van der Waals surface area contributed by atoms with E-state index in [1.165, 1.54) is 12.1 Å². The first-order valence-electron chi connectivity index (χ1n) is 6.93. The van der Waals surface area contributed by atoms with Gasteiger partial charge >= 0.3 is 7.75 Å².